The van der Waals surface area contributed by atoms with E-state index in [4.69, 9.17) is 21.4 Å². The standard InChI is InChI=1S/C23H18ClN3O3/c1-14-6-8-15(9-7-14)19-13-21-18-12-16(24)10-11-22(18)30-23(26(21)25-19)17-4-2-3-5-20(17)27(28)29/h2-12,21,23H,13H2,1H3/t21-,23+/m0/s1. The Balaban J connectivity index is 1.64. The molecule has 0 radical (unpaired) electrons. The Labute approximate surface area is 178 Å². The maximum atomic E-state index is 11.6. The monoisotopic (exact) mass is 419 g/mol. The quantitative estimate of drug-likeness (QED) is 0.397. The number of rotatable bonds is 3. The van der Waals surface area contributed by atoms with Gasteiger partial charge in [-0.1, -0.05) is 53.6 Å². The predicted octanol–water partition coefficient (Wildman–Crippen LogP) is 5.80. The number of nitro benzene ring substituents is 1. The minimum absolute atomic E-state index is 0.0117. The number of para-hydroxylation sites is 1. The van der Waals surface area contributed by atoms with E-state index in [9.17, 15) is 10.1 Å². The first-order chi connectivity index (χ1) is 14.5. The highest BCUT2D eigenvalue weighted by atomic mass is 35.5. The first kappa shape index (κ1) is 18.6. The number of aryl methyl sites for hydroxylation is 1. The van der Waals surface area contributed by atoms with E-state index in [-0.39, 0.29) is 16.7 Å². The largest absolute Gasteiger partial charge is 0.464 e. The molecular weight excluding hydrogens is 402 g/mol. The molecule has 0 fully saturated rings. The number of benzene rings is 3. The Kier molecular flexibility index (Phi) is 4.44. The SMILES string of the molecule is Cc1ccc(C2=NN3[C@@H](c4ccccc4[N+](=O)[O-])Oc4ccc(Cl)cc4[C@@H]3C2)cc1. The second-order valence-electron chi connectivity index (χ2n) is 7.48. The molecule has 3 aromatic carbocycles. The highest BCUT2D eigenvalue weighted by Crippen LogP contribution is 2.49. The predicted molar refractivity (Wildman–Crippen MR) is 115 cm³/mol. The molecule has 6 nitrogen and oxygen atoms in total. The topological polar surface area (TPSA) is 68.0 Å². The minimum Gasteiger partial charge on any atom is -0.464 e. The molecule has 150 valence electrons. The molecule has 2 heterocycles. The third-order valence-corrected chi connectivity index (χ3v) is 5.77. The molecule has 0 unspecified atom stereocenters. The number of hydrazone groups is 1. The maximum absolute atomic E-state index is 11.6. The van der Waals surface area contributed by atoms with Crippen molar-refractivity contribution in [2.45, 2.75) is 25.6 Å². The fraction of sp³-hybridized carbons (Fsp3) is 0.174. The molecule has 5 rings (SSSR count). The molecule has 2 aliphatic heterocycles. The van der Waals surface area contributed by atoms with Crippen LogP contribution in [0.3, 0.4) is 0 Å². The molecule has 2 atom stereocenters. The number of nitrogens with zero attached hydrogens (tertiary/aromatic N) is 3. The van der Waals surface area contributed by atoms with Crippen LogP contribution in [-0.4, -0.2) is 15.6 Å². The van der Waals surface area contributed by atoms with Crippen LogP contribution in [0.25, 0.3) is 0 Å². The van der Waals surface area contributed by atoms with Gasteiger partial charge in [0, 0.05) is 23.1 Å². The summed E-state index contributed by atoms with van der Waals surface area (Å²) in [5, 5.41) is 18.9. The zero-order chi connectivity index (χ0) is 20.8. The van der Waals surface area contributed by atoms with Crippen LogP contribution in [0.2, 0.25) is 5.02 Å². The summed E-state index contributed by atoms with van der Waals surface area (Å²) in [5.41, 5.74) is 4.54. The van der Waals surface area contributed by atoms with Crippen molar-refractivity contribution in [2.24, 2.45) is 5.10 Å². The zero-order valence-electron chi connectivity index (χ0n) is 16.2. The van der Waals surface area contributed by atoms with E-state index in [0.29, 0.717) is 22.8 Å². The highest BCUT2D eigenvalue weighted by molar-refractivity contribution is 6.30. The van der Waals surface area contributed by atoms with Gasteiger partial charge in [0.15, 0.2) is 0 Å². The van der Waals surface area contributed by atoms with E-state index >= 15 is 0 Å². The van der Waals surface area contributed by atoms with Gasteiger partial charge >= 0.3 is 0 Å². The van der Waals surface area contributed by atoms with Crippen LogP contribution >= 0.6 is 11.6 Å². The second kappa shape index (κ2) is 7.15. The summed E-state index contributed by atoms with van der Waals surface area (Å²) < 4.78 is 6.24. The van der Waals surface area contributed by atoms with Gasteiger partial charge in [-0.15, -0.1) is 0 Å². The minimum atomic E-state index is -0.701. The Morgan fingerprint density at radius 2 is 1.87 bits per heavy atom. The van der Waals surface area contributed by atoms with Crippen molar-refractivity contribution in [1.29, 1.82) is 0 Å². The summed E-state index contributed by atoms with van der Waals surface area (Å²) in [6.45, 7) is 2.04. The van der Waals surface area contributed by atoms with Crippen LogP contribution in [0.1, 0.15) is 40.9 Å². The van der Waals surface area contributed by atoms with Crippen molar-refractivity contribution in [3.63, 3.8) is 0 Å². The molecule has 0 amide bonds. The summed E-state index contributed by atoms with van der Waals surface area (Å²) >= 11 is 6.26. The van der Waals surface area contributed by atoms with Crippen molar-refractivity contribution >= 4 is 23.0 Å². The smallest absolute Gasteiger partial charge is 0.278 e. The van der Waals surface area contributed by atoms with E-state index < -0.39 is 6.23 Å². The molecule has 0 bridgehead atoms. The molecule has 0 N–H and O–H groups in total. The van der Waals surface area contributed by atoms with Crippen molar-refractivity contribution in [3.8, 4) is 5.75 Å². The van der Waals surface area contributed by atoms with Gasteiger partial charge in [0.2, 0.25) is 6.23 Å². The zero-order valence-corrected chi connectivity index (χ0v) is 16.9. The fourth-order valence-corrected chi connectivity index (χ4v) is 4.23. The molecule has 0 saturated carbocycles. The maximum Gasteiger partial charge on any atom is 0.278 e. The first-order valence-corrected chi connectivity index (χ1v) is 10.0. The number of halogens is 1. The Morgan fingerprint density at radius 1 is 1.10 bits per heavy atom. The molecule has 0 saturated heterocycles. The van der Waals surface area contributed by atoms with Gasteiger partial charge in [0.1, 0.15) is 5.75 Å². The van der Waals surface area contributed by atoms with Gasteiger partial charge in [-0.3, -0.25) is 10.1 Å². The summed E-state index contributed by atoms with van der Waals surface area (Å²) in [6, 6.07) is 20.2. The van der Waals surface area contributed by atoms with E-state index in [1.165, 1.54) is 11.6 Å². The second-order valence-corrected chi connectivity index (χ2v) is 7.92. The highest BCUT2D eigenvalue weighted by Gasteiger charge is 2.43. The summed E-state index contributed by atoms with van der Waals surface area (Å²) in [5.74, 6) is 0.671. The summed E-state index contributed by atoms with van der Waals surface area (Å²) in [4.78, 5) is 11.3. The van der Waals surface area contributed by atoms with Gasteiger partial charge in [-0.2, -0.15) is 5.10 Å². The number of hydrogen-bond acceptors (Lipinski definition) is 5. The normalized spacial score (nSPS) is 19.5. The van der Waals surface area contributed by atoms with Crippen LogP contribution in [0.15, 0.2) is 71.8 Å². The Morgan fingerprint density at radius 3 is 2.63 bits per heavy atom. The molecular formula is C23H18ClN3O3. The lowest BCUT2D eigenvalue weighted by molar-refractivity contribution is -0.386. The molecule has 0 aliphatic carbocycles. The molecule has 0 spiro atoms. The number of nitro groups is 1. The summed E-state index contributed by atoms with van der Waals surface area (Å²) in [7, 11) is 0. The molecule has 30 heavy (non-hydrogen) atoms. The van der Waals surface area contributed by atoms with Crippen LogP contribution in [-0.2, 0) is 0 Å². The van der Waals surface area contributed by atoms with Gasteiger partial charge in [0.25, 0.3) is 5.69 Å². The van der Waals surface area contributed by atoms with Crippen LogP contribution in [0.4, 0.5) is 5.69 Å². The van der Waals surface area contributed by atoms with Gasteiger partial charge in [0.05, 0.1) is 22.2 Å². The van der Waals surface area contributed by atoms with Gasteiger partial charge < -0.3 is 4.74 Å². The first-order valence-electron chi connectivity index (χ1n) is 9.63. The van der Waals surface area contributed by atoms with Gasteiger partial charge in [-0.25, -0.2) is 5.01 Å². The van der Waals surface area contributed by atoms with Crippen molar-refractivity contribution in [2.75, 3.05) is 0 Å². The van der Waals surface area contributed by atoms with Crippen LogP contribution in [0, 0.1) is 17.0 Å². The third-order valence-electron chi connectivity index (χ3n) is 5.54. The number of hydrogen-bond donors (Lipinski definition) is 0. The third kappa shape index (κ3) is 3.09. The molecule has 2 aliphatic rings. The van der Waals surface area contributed by atoms with Crippen molar-refractivity contribution < 1.29 is 9.66 Å². The lowest BCUT2D eigenvalue weighted by Gasteiger charge is -2.38. The van der Waals surface area contributed by atoms with Crippen molar-refractivity contribution in [3.05, 3.63) is 104 Å². The summed E-state index contributed by atoms with van der Waals surface area (Å²) in [6.07, 6.45) is -0.0371. The van der Waals surface area contributed by atoms with E-state index in [1.54, 1.807) is 24.3 Å². The van der Waals surface area contributed by atoms with E-state index in [2.05, 4.69) is 12.1 Å². The molecule has 3 aromatic rings. The average Bonchev–Trinajstić information content (AvgIpc) is 3.19. The van der Waals surface area contributed by atoms with Crippen LogP contribution < -0.4 is 4.74 Å². The van der Waals surface area contributed by atoms with E-state index in [0.717, 1.165) is 16.8 Å². The van der Waals surface area contributed by atoms with Crippen LogP contribution in [0.5, 0.6) is 5.75 Å². The Hall–Kier alpha value is -3.38. The van der Waals surface area contributed by atoms with E-state index in [1.807, 2.05) is 36.2 Å². The van der Waals surface area contributed by atoms with Crippen molar-refractivity contribution in [1.82, 2.24) is 5.01 Å². The number of ether oxygens (including phenoxy) is 1. The lowest BCUT2D eigenvalue weighted by Crippen LogP contribution is -2.34. The number of fused-ring (bicyclic) bond motifs is 3. The Bertz CT molecular complexity index is 1180. The lowest BCUT2D eigenvalue weighted by atomic mass is 9.95. The van der Waals surface area contributed by atoms with Gasteiger partial charge in [-0.05, 0) is 36.8 Å². The molecule has 7 heteroatoms. The average molecular weight is 420 g/mol. The molecule has 0 aromatic heterocycles. The fourth-order valence-electron chi connectivity index (χ4n) is 4.05.